The molecular weight excluding hydrogens is 260 g/mol. The lowest BCUT2D eigenvalue weighted by Crippen LogP contribution is -2.45. The second kappa shape index (κ2) is 6.91. The van der Waals surface area contributed by atoms with Crippen LogP contribution in [0.4, 0.5) is 0 Å². The Labute approximate surface area is 128 Å². The quantitative estimate of drug-likeness (QED) is 0.806. The Morgan fingerprint density at radius 3 is 2.48 bits per heavy atom. The third kappa shape index (κ3) is 4.29. The first-order chi connectivity index (χ1) is 10.3. The van der Waals surface area contributed by atoms with Gasteiger partial charge in [-0.1, -0.05) is 30.3 Å². The highest BCUT2D eigenvalue weighted by Gasteiger charge is 2.41. The van der Waals surface area contributed by atoms with E-state index in [1.165, 1.54) is 50.9 Å². The van der Waals surface area contributed by atoms with Crippen LogP contribution in [0.1, 0.15) is 31.2 Å². The zero-order valence-corrected chi connectivity index (χ0v) is 12.9. The molecule has 3 heteroatoms. The number of likely N-dealkylation sites (tertiary alicyclic amines) is 1. The van der Waals surface area contributed by atoms with E-state index in [0.717, 1.165) is 13.0 Å². The molecule has 0 bridgehead atoms. The third-order valence-electron chi connectivity index (χ3n) is 5.21. The van der Waals surface area contributed by atoms with Crippen LogP contribution in [0.3, 0.4) is 0 Å². The minimum atomic E-state index is 0.241. The van der Waals surface area contributed by atoms with Crippen molar-refractivity contribution in [2.45, 2.75) is 38.1 Å². The molecule has 3 rings (SSSR count). The van der Waals surface area contributed by atoms with Gasteiger partial charge in [-0.3, -0.25) is 0 Å². The SMILES string of the molecule is OCC1(CNC2CCN(CCc3ccccc3)CC2)CC1. The largest absolute Gasteiger partial charge is 0.396 e. The predicted octanol–water partition coefficient (Wildman–Crippen LogP) is 2.06. The minimum absolute atomic E-state index is 0.241. The van der Waals surface area contributed by atoms with Gasteiger partial charge in [0.25, 0.3) is 0 Å². The monoisotopic (exact) mass is 288 g/mol. The van der Waals surface area contributed by atoms with Crippen LogP contribution in [-0.2, 0) is 6.42 Å². The zero-order valence-electron chi connectivity index (χ0n) is 12.9. The van der Waals surface area contributed by atoms with Crippen molar-refractivity contribution in [3.63, 3.8) is 0 Å². The highest BCUT2D eigenvalue weighted by molar-refractivity contribution is 5.14. The van der Waals surface area contributed by atoms with Gasteiger partial charge in [-0.15, -0.1) is 0 Å². The molecule has 2 N–H and O–H groups in total. The highest BCUT2D eigenvalue weighted by Crippen LogP contribution is 2.44. The van der Waals surface area contributed by atoms with E-state index in [4.69, 9.17) is 0 Å². The second-order valence-corrected chi connectivity index (χ2v) is 6.89. The summed E-state index contributed by atoms with van der Waals surface area (Å²) in [5.41, 5.74) is 1.68. The number of piperidine rings is 1. The number of nitrogens with zero attached hydrogens (tertiary/aromatic N) is 1. The van der Waals surface area contributed by atoms with Gasteiger partial charge >= 0.3 is 0 Å². The van der Waals surface area contributed by atoms with Gasteiger partial charge in [0.15, 0.2) is 0 Å². The van der Waals surface area contributed by atoms with Crippen molar-refractivity contribution in [2.75, 3.05) is 32.8 Å². The summed E-state index contributed by atoms with van der Waals surface area (Å²) in [6, 6.07) is 11.4. The molecule has 21 heavy (non-hydrogen) atoms. The highest BCUT2D eigenvalue weighted by atomic mass is 16.3. The molecule has 2 aliphatic rings. The van der Waals surface area contributed by atoms with Crippen LogP contribution < -0.4 is 5.32 Å². The molecule has 2 fully saturated rings. The summed E-state index contributed by atoms with van der Waals surface area (Å²) in [4.78, 5) is 2.59. The molecule has 0 aromatic heterocycles. The van der Waals surface area contributed by atoms with Gasteiger partial charge < -0.3 is 15.3 Å². The lowest BCUT2D eigenvalue weighted by atomic mass is 10.0. The van der Waals surface area contributed by atoms with Crippen molar-refractivity contribution in [1.82, 2.24) is 10.2 Å². The number of hydrogen-bond acceptors (Lipinski definition) is 3. The maximum atomic E-state index is 9.36. The maximum absolute atomic E-state index is 9.36. The van der Waals surface area contributed by atoms with Crippen LogP contribution in [0, 0.1) is 5.41 Å². The Balaban J connectivity index is 1.33. The van der Waals surface area contributed by atoms with Crippen LogP contribution in [0.2, 0.25) is 0 Å². The molecule has 116 valence electrons. The van der Waals surface area contributed by atoms with Crippen molar-refractivity contribution in [3.05, 3.63) is 35.9 Å². The molecule has 1 saturated heterocycles. The summed E-state index contributed by atoms with van der Waals surface area (Å²) in [5, 5.41) is 13.0. The summed E-state index contributed by atoms with van der Waals surface area (Å²) in [6.45, 7) is 4.96. The Kier molecular flexibility index (Phi) is 4.94. The molecule has 0 spiro atoms. The van der Waals surface area contributed by atoms with Crippen molar-refractivity contribution in [3.8, 4) is 0 Å². The van der Waals surface area contributed by atoms with E-state index in [-0.39, 0.29) is 5.41 Å². The topological polar surface area (TPSA) is 35.5 Å². The molecule has 0 unspecified atom stereocenters. The second-order valence-electron chi connectivity index (χ2n) is 6.89. The standard InChI is InChI=1S/C18H28N2O/c21-15-18(9-10-18)14-19-17-7-12-20(13-8-17)11-6-16-4-2-1-3-5-16/h1-5,17,19,21H,6-15H2. The molecule has 1 aliphatic carbocycles. The summed E-state index contributed by atoms with van der Waals surface area (Å²) >= 11 is 0. The van der Waals surface area contributed by atoms with E-state index >= 15 is 0 Å². The lowest BCUT2D eigenvalue weighted by Gasteiger charge is -2.33. The number of nitrogens with one attached hydrogen (secondary N) is 1. The Morgan fingerprint density at radius 1 is 1.14 bits per heavy atom. The van der Waals surface area contributed by atoms with Crippen molar-refractivity contribution >= 4 is 0 Å². The van der Waals surface area contributed by atoms with Gasteiger partial charge in [-0.25, -0.2) is 0 Å². The van der Waals surface area contributed by atoms with Gasteiger partial charge in [-0.2, -0.15) is 0 Å². The average Bonchev–Trinajstić information content (AvgIpc) is 3.34. The first kappa shape index (κ1) is 15.0. The van der Waals surface area contributed by atoms with Gasteiger partial charge in [0.2, 0.25) is 0 Å². The first-order valence-corrected chi connectivity index (χ1v) is 8.40. The van der Waals surface area contributed by atoms with E-state index < -0.39 is 0 Å². The molecule has 1 aliphatic heterocycles. The fourth-order valence-electron chi connectivity index (χ4n) is 3.22. The smallest absolute Gasteiger partial charge is 0.0499 e. The zero-order chi connectivity index (χ0) is 14.5. The Morgan fingerprint density at radius 2 is 1.86 bits per heavy atom. The molecule has 1 aromatic carbocycles. The molecule has 3 nitrogen and oxygen atoms in total. The number of benzene rings is 1. The summed E-state index contributed by atoms with van der Waals surface area (Å²) in [7, 11) is 0. The van der Waals surface area contributed by atoms with E-state index in [0.29, 0.717) is 12.6 Å². The number of rotatable bonds is 7. The fraction of sp³-hybridized carbons (Fsp3) is 0.667. The van der Waals surface area contributed by atoms with Crippen LogP contribution in [-0.4, -0.2) is 48.8 Å². The number of aliphatic hydroxyl groups excluding tert-OH is 1. The van der Waals surface area contributed by atoms with E-state index in [9.17, 15) is 5.11 Å². The summed E-state index contributed by atoms with van der Waals surface area (Å²) < 4.78 is 0. The average molecular weight is 288 g/mol. The van der Waals surface area contributed by atoms with E-state index in [1.807, 2.05) is 0 Å². The third-order valence-corrected chi connectivity index (χ3v) is 5.21. The van der Waals surface area contributed by atoms with Gasteiger partial charge in [0.05, 0.1) is 0 Å². The van der Waals surface area contributed by atoms with Crippen LogP contribution in [0.25, 0.3) is 0 Å². The Hall–Kier alpha value is -0.900. The molecule has 1 aromatic rings. The normalized spacial score (nSPS) is 22.3. The molecule has 1 saturated carbocycles. The Bertz CT molecular complexity index is 422. The predicted molar refractivity (Wildman–Crippen MR) is 86.4 cm³/mol. The fourth-order valence-corrected chi connectivity index (χ4v) is 3.22. The lowest BCUT2D eigenvalue weighted by molar-refractivity contribution is 0.175. The number of hydrogen-bond donors (Lipinski definition) is 2. The molecule has 0 amide bonds. The first-order valence-electron chi connectivity index (χ1n) is 8.40. The molecule has 0 atom stereocenters. The summed E-state index contributed by atoms with van der Waals surface area (Å²) in [6.07, 6.45) is 6.05. The van der Waals surface area contributed by atoms with Crippen LogP contribution >= 0.6 is 0 Å². The summed E-state index contributed by atoms with van der Waals surface area (Å²) in [5.74, 6) is 0. The van der Waals surface area contributed by atoms with Crippen molar-refractivity contribution in [2.24, 2.45) is 5.41 Å². The molecule has 0 radical (unpaired) electrons. The van der Waals surface area contributed by atoms with E-state index in [1.54, 1.807) is 0 Å². The van der Waals surface area contributed by atoms with Gasteiger partial charge in [-0.05, 0) is 50.8 Å². The van der Waals surface area contributed by atoms with E-state index in [2.05, 4.69) is 40.5 Å². The maximum Gasteiger partial charge on any atom is 0.0499 e. The van der Waals surface area contributed by atoms with Crippen molar-refractivity contribution < 1.29 is 5.11 Å². The number of aliphatic hydroxyl groups is 1. The minimum Gasteiger partial charge on any atom is -0.396 e. The van der Waals surface area contributed by atoms with Crippen LogP contribution in [0.15, 0.2) is 30.3 Å². The molecule has 1 heterocycles. The molecular formula is C18H28N2O. The van der Waals surface area contributed by atoms with Crippen LogP contribution in [0.5, 0.6) is 0 Å². The van der Waals surface area contributed by atoms with Crippen molar-refractivity contribution in [1.29, 1.82) is 0 Å². The van der Waals surface area contributed by atoms with Gasteiger partial charge in [0, 0.05) is 31.2 Å². The van der Waals surface area contributed by atoms with Gasteiger partial charge in [0.1, 0.15) is 0 Å².